The van der Waals surface area contributed by atoms with Crippen LogP contribution in [0.4, 0.5) is 0 Å². The molecule has 120 valence electrons. The second-order valence-electron chi connectivity index (χ2n) is 5.40. The lowest BCUT2D eigenvalue weighted by atomic mass is 10.1. The summed E-state index contributed by atoms with van der Waals surface area (Å²) in [5.74, 6) is 0. The zero-order chi connectivity index (χ0) is 14.8. The standard InChI is InChI=1S/C14H32N2O3Si/c1-5-6-7-9-14-15-10-12-16(14)11-8-13-20(17-2,18-3)19-4/h14-15H,5-13H2,1-4H3. The highest BCUT2D eigenvalue weighted by Crippen LogP contribution is 2.18. The van der Waals surface area contributed by atoms with Gasteiger partial charge in [0.1, 0.15) is 0 Å². The molecule has 0 bridgehead atoms. The van der Waals surface area contributed by atoms with E-state index in [0.717, 1.165) is 32.1 Å². The first-order valence-corrected chi connectivity index (χ1v) is 9.77. The van der Waals surface area contributed by atoms with Gasteiger partial charge in [0.15, 0.2) is 0 Å². The number of hydrogen-bond acceptors (Lipinski definition) is 5. The summed E-state index contributed by atoms with van der Waals surface area (Å²) in [7, 11) is 2.66. The van der Waals surface area contributed by atoms with Gasteiger partial charge in [-0.2, -0.15) is 0 Å². The van der Waals surface area contributed by atoms with Crippen LogP contribution in [0.15, 0.2) is 0 Å². The van der Waals surface area contributed by atoms with E-state index in [1.165, 1.54) is 25.7 Å². The fourth-order valence-corrected chi connectivity index (χ4v) is 4.56. The minimum absolute atomic E-state index is 0.560. The van der Waals surface area contributed by atoms with Crippen molar-refractivity contribution in [1.82, 2.24) is 10.2 Å². The van der Waals surface area contributed by atoms with Gasteiger partial charge >= 0.3 is 8.80 Å². The van der Waals surface area contributed by atoms with Crippen molar-refractivity contribution in [2.75, 3.05) is 41.0 Å². The molecule has 1 atom stereocenters. The highest BCUT2D eigenvalue weighted by Gasteiger charge is 2.37. The lowest BCUT2D eigenvalue weighted by molar-refractivity contribution is 0.120. The summed E-state index contributed by atoms with van der Waals surface area (Å²) in [6.45, 7) is 5.61. The van der Waals surface area contributed by atoms with Gasteiger partial charge in [0.05, 0.1) is 6.17 Å². The van der Waals surface area contributed by atoms with Crippen LogP contribution < -0.4 is 5.32 Å². The molecular weight excluding hydrogens is 272 g/mol. The molecule has 1 aliphatic heterocycles. The van der Waals surface area contributed by atoms with Crippen LogP contribution in [-0.2, 0) is 13.3 Å². The molecule has 1 aliphatic rings. The van der Waals surface area contributed by atoms with Gasteiger partial charge in [0.2, 0.25) is 0 Å². The molecule has 1 rings (SSSR count). The Balaban J connectivity index is 2.29. The van der Waals surface area contributed by atoms with Gasteiger partial charge in [-0.25, -0.2) is 0 Å². The van der Waals surface area contributed by atoms with Crippen LogP contribution in [-0.4, -0.2) is 60.8 Å². The predicted molar refractivity (Wildman–Crippen MR) is 83.7 cm³/mol. The van der Waals surface area contributed by atoms with Crippen LogP contribution in [0.3, 0.4) is 0 Å². The van der Waals surface area contributed by atoms with E-state index in [4.69, 9.17) is 13.3 Å². The first-order valence-electron chi connectivity index (χ1n) is 7.84. The molecule has 1 unspecified atom stereocenters. The zero-order valence-electron chi connectivity index (χ0n) is 13.6. The minimum atomic E-state index is -2.39. The lowest BCUT2D eigenvalue weighted by Crippen LogP contribution is -2.44. The van der Waals surface area contributed by atoms with Crippen molar-refractivity contribution in [3.8, 4) is 0 Å². The van der Waals surface area contributed by atoms with E-state index >= 15 is 0 Å². The van der Waals surface area contributed by atoms with Gasteiger partial charge in [0.25, 0.3) is 0 Å². The molecule has 0 aromatic carbocycles. The van der Waals surface area contributed by atoms with Crippen LogP contribution in [0.25, 0.3) is 0 Å². The summed E-state index contributed by atoms with van der Waals surface area (Å²) in [6.07, 6.45) is 6.82. The van der Waals surface area contributed by atoms with Gasteiger partial charge in [0, 0.05) is 40.5 Å². The molecule has 1 heterocycles. The average molecular weight is 305 g/mol. The third-order valence-corrected chi connectivity index (χ3v) is 6.99. The maximum atomic E-state index is 5.47. The van der Waals surface area contributed by atoms with Crippen LogP contribution in [0, 0.1) is 0 Å². The first kappa shape index (κ1) is 18.1. The van der Waals surface area contributed by atoms with E-state index in [1.54, 1.807) is 21.3 Å². The Morgan fingerprint density at radius 3 is 2.40 bits per heavy atom. The molecule has 0 aromatic heterocycles. The molecule has 0 radical (unpaired) electrons. The summed E-state index contributed by atoms with van der Waals surface area (Å²) in [5.41, 5.74) is 0. The molecule has 1 fully saturated rings. The quantitative estimate of drug-likeness (QED) is 0.467. The van der Waals surface area contributed by atoms with E-state index in [0.29, 0.717) is 6.17 Å². The van der Waals surface area contributed by atoms with Crippen molar-refractivity contribution in [2.45, 2.75) is 51.2 Å². The second kappa shape index (κ2) is 9.86. The fourth-order valence-electron chi connectivity index (χ4n) is 2.85. The maximum absolute atomic E-state index is 5.47. The van der Waals surface area contributed by atoms with Crippen LogP contribution >= 0.6 is 0 Å². The molecule has 0 aromatic rings. The van der Waals surface area contributed by atoms with Crippen molar-refractivity contribution in [2.24, 2.45) is 0 Å². The van der Waals surface area contributed by atoms with Gasteiger partial charge in [-0.15, -0.1) is 0 Å². The van der Waals surface area contributed by atoms with Gasteiger partial charge in [-0.1, -0.05) is 26.2 Å². The summed E-state index contributed by atoms with van der Waals surface area (Å²) < 4.78 is 16.4. The minimum Gasteiger partial charge on any atom is -0.377 e. The Morgan fingerprint density at radius 2 is 1.80 bits per heavy atom. The molecule has 0 aliphatic carbocycles. The van der Waals surface area contributed by atoms with Crippen molar-refractivity contribution in [3.05, 3.63) is 0 Å². The number of nitrogens with zero attached hydrogens (tertiary/aromatic N) is 1. The van der Waals surface area contributed by atoms with E-state index in [9.17, 15) is 0 Å². The summed E-state index contributed by atoms with van der Waals surface area (Å²) in [5, 5.41) is 3.60. The van der Waals surface area contributed by atoms with E-state index < -0.39 is 8.80 Å². The summed E-state index contributed by atoms with van der Waals surface area (Å²) in [4.78, 5) is 2.55. The third kappa shape index (κ3) is 5.42. The number of rotatable bonds is 11. The van der Waals surface area contributed by atoms with E-state index in [1.807, 2.05) is 0 Å². The molecule has 5 nitrogen and oxygen atoms in total. The third-order valence-electron chi connectivity index (χ3n) is 4.16. The van der Waals surface area contributed by atoms with Crippen LogP contribution in [0.2, 0.25) is 6.04 Å². The molecule has 0 saturated carbocycles. The molecule has 1 saturated heterocycles. The summed E-state index contributed by atoms with van der Waals surface area (Å²) >= 11 is 0. The van der Waals surface area contributed by atoms with Gasteiger partial charge < -0.3 is 18.6 Å². The topological polar surface area (TPSA) is 43.0 Å². The fraction of sp³-hybridized carbons (Fsp3) is 1.00. The SMILES string of the molecule is CCCCCC1NCCN1CCC[Si](OC)(OC)OC. The molecule has 0 amide bonds. The van der Waals surface area contributed by atoms with Crippen molar-refractivity contribution >= 4 is 8.80 Å². The Hall–Kier alpha value is 0.0169. The number of unbranched alkanes of at least 4 members (excludes halogenated alkanes) is 2. The smallest absolute Gasteiger partial charge is 0.377 e. The Labute approximate surface area is 125 Å². The number of hydrogen-bond donors (Lipinski definition) is 1. The normalized spacial score (nSPS) is 20.7. The highest BCUT2D eigenvalue weighted by molar-refractivity contribution is 6.60. The molecular formula is C14H32N2O3Si. The Bertz CT molecular complexity index is 244. The largest absolute Gasteiger partial charge is 0.500 e. The maximum Gasteiger partial charge on any atom is 0.500 e. The molecule has 20 heavy (non-hydrogen) atoms. The Kier molecular flexibility index (Phi) is 8.91. The van der Waals surface area contributed by atoms with Gasteiger partial charge in [-0.3, -0.25) is 4.90 Å². The number of nitrogens with one attached hydrogen (secondary N) is 1. The molecule has 0 spiro atoms. The second-order valence-corrected chi connectivity index (χ2v) is 8.49. The van der Waals surface area contributed by atoms with E-state index in [2.05, 4.69) is 17.1 Å². The predicted octanol–water partition coefficient (Wildman–Crippen LogP) is 2.07. The highest BCUT2D eigenvalue weighted by atomic mass is 28.4. The van der Waals surface area contributed by atoms with Crippen LogP contribution in [0.5, 0.6) is 0 Å². The van der Waals surface area contributed by atoms with Crippen molar-refractivity contribution < 1.29 is 13.3 Å². The zero-order valence-corrected chi connectivity index (χ0v) is 14.6. The molecule has 6 heteroatoms. The first-order chi connectivity index (χ1) is 9.71. The van der Waals surface area contributed by atoms with Crippen LogP contribution in [0.1, 0.15) is 39.0 Å². The van der Waals surface area contributed by atoms with Gasteiger partial charge in [-0.05, 0) is 19.4 Å². The lowest BCUT2D eigenvalue weighted by Gasteiger charge is -2.27. The monoisotopic (exact) mass is 304 g/mol. The van der Waals surface area contributed by atoms with Crippen molar-refractivity contribution in [3.63, 3.8) is 0 Å². The molecule has 1 N–H and O–H groups in total. The van der Waals surface area contributed by atoms with E-state index in [-0.39, 0.29) is 0 Å². The summed E-state index contributed by atoms with van der Waals surface area (Å²) in [6, 6.07) is 0.884. The Morgan fingerprint density at radius 1 is 1.10 bits per heavy atom. The van der Waals surface area contributed by atoms with Crippen molar-refractivity contribution in [1.29, 1.82) is 0 Å². The average Bonchev–Trinajstić information content (AvgIpc) is 2.92.